The summed E-state index contributed by atoms with van der Waals surface area (Å²) >= 11 is 0. The van der Waals surface area contributed by atoms with E-state index < -0.39 is 0 Å². The third-order valence-corrected chi connectivity index (χ3v) is 3.71. The van der Waals surface area contributed by atoms with Gasteiger partial charge in [-0.2, -0.15) is 0 Å². The molecule has 4 nitrogen and oxygen atoms in total. The zero-order chi connectivity index (χ0) is 15.5. The topological polar surface area (TPSA) is 66.8 Å². The predicted molar refractivity (Wildman–Crippen MR) is 83.0 cm³/mol. The van der Waals surface area contributed by atoms with Gasteiger partial charge in [0, 0.05) is 12.0 Å². The molecule has 2 aromatic rings. The molecule has 0 amide bonds. The van der Waals surface area contributed by atoms with Crippen molar-refractivity contribution in [1.82, 2.24) is 0 Å². The van der Waals surface area contributed by atoms with E-state index in [-0.39, 0.29) is 23.7 Å². The summed E-state index contributed by atoms with van der Waals surface area (Å²) in [7, 11) is 0. The molecule has 3 rings (SSSR count). The van der Waals surface area contributed by atoms with Gasteiger partial charge in [0.1, 0.15) is 11.5 Å². The molecule has 112 valence electrons. The maximum absolute atomic E-state index is 12.3. The highest BCUT2D eigenvalue weighted by Crippen LogP contribution is 2.32. The first-order valence-corrected chi connectivity index (χ1v) is 7.09. The Morgan fingerprint density at radius 3 is 2.91 bits per heavy atom. The summed E-state index contributed by atoms with van der Waals surface area (Å²) < 4.78 is 5.42. The van der Waals surface area contributed by atoms with Crippen LogP contribution in [-0.4, -0.2) is 22.6 Å². The minimum absolute atomic E-state index is 0.0330. The normalized spacial score (nSPS) is 13.1. The van der Waals surface area contributed by atoms with Crippen molar-refractivity contribution in [3.05, 3.63) is 64.7 Å². The first-order chi connectivity index (χ1) is 10.7. The predicted octanol–water partition coefficient (Wildman–Crippen LogP) is 2.72. The molecule has 0 spiro atoms. The number of rotatable bonds is 4. The molecule has 0 radical (unpaired) electrons. The summed E-state index contributed by atoms with van der Waals surface area (Å²) in [5.41, 5.74) is 2.66. The number of aromatic hydroxyl groups is 1. The SMILES string of the molecule is O=C(/C=C/c1ccccc1CO)c1cc2c(cc1O)CCO2. The van der Waals surface area contributed by atoms with Gasteiger partial charge in [0.05, 0.1) is 18.8 Å². The molecule has 22 heavy (non-hydrogen) atoms. The van der Waals surface area contributed by atoms with Gasteiger partial charge in [-0.1, -0.05) is 30.3 Å². The molecule has 1 aliphatic rings. The molecule has 0 saturated heterocycles. The van der Waals surface area contributed by atoms with Crippen molar-refractivity contribution >= 4 is 11.9 Å². The Hall–Kier alpha value is -2.59. The van der Waals surface area contributed by atoms with E-state index in [0.29, 0.717) is 12.4 Å². The number of fused-ring (bicyclic) bond motifs is 1. The smallest absolute Gasteiger partial charge is 0.189 e. The molecule has 0 fully saturated rings. The van der Waals surface area contributed by atoms with E-state index in [9.17, 15) is 15.0 Å². The molecule has 0 aliphatic carbocycles. The zero-order valence-electron chi connectivity index (χ0n) is 12.0. The van der Waals surface area contributed by atoms with Gasteiger partial charge in [-0.15, -0.1) is 0 Å². The number of carbonyl (C=O) groups excluding carboxylic acids is 1. The number of allylic oxidation sites excluding steroid dienone is 1. The Bertz CT molecular complexity index is 747. The fourth-order valence-corrected chi connectivity index (χ4v) is 2.51. The lowest BCUT2D eigenvalue weighted by atomic mass is 10.0. The molecule has 4 heteroatoms. The number of aliphatic hydroxyl groups is 1. The van der Waals surface area contributed by atoms with Gasteiger partial charge in [0.2, 0.25) is 0 Å². The molecular formula is C18H16O4. The second kappa shape index (κ2) is 6.03. The van der Waals surface area contributed by atoms with Crippen LogP contribution >= 0.6 is 0 Å². The Balaban J connectivity index is 1.87. The van der Waals surface area contributed by atoms with E-state index in [4.69, 9.17) is 4.74 Å². The van der Waals surface area contributed by atoms with Crippen molar-refractivity contribution in [2.24, 2.45) is 0 Å². The fraction of sp³-hybridized carbons (Fsp3) is 0.167. The van der Waals surface area contributed by atoms with Crippen LogP contribution in [0.1, 0.15) is 27.0 Å². The summed E-state index contributed by atoms with van der Waals surface area (Å²) in [6.07, 6.45) is 3.78. The van der Waals surface area contributed by atoms with Crippen LogP contribution < -0.4 is 4.74 Å². The Labute approximate surface area is 128 Å². The van der Waals surface area contributed by atoms with E-state index in [1.165, 1.54) is 6.08 Å². The van der Waals surface area contributed by atoms with Crippen LogP contribution in [0.25, 0.3) is 6.08 Å². The van der Waals surface area contributed by atoms with Crippen LogP contribution in [0, 0.1) is 0 Å². The van der Waals surface area contributed by atoms with Gasteiger partial charge in [-0.05, 0) is 29.3 Å². The van der Waals surface area contributed by atoms with Gasteiger partial charge in [0.15, 0.2) is 5.78 Å². The van der Waals surface area contributed by atoms with E-state index in [0.717, 1.165) is 23.1 Å². The quantitative estimate of drug-likeness (QED) is 0.672. The summed E-state index contributed by atoms with van der Waals surface area (Å²) in [5.74, 6) is 0.322. The third kappa shape index (κ3) is 2.73. The number of ether oxygens (including phenoxy) is 1. The van der Waals surface area contributed by atoms with E-state index in [2.05, 4.69) is 0 Å². The van der Waals surface area contributed by atoms with Crippen molar-refractivity contribution in [1.29, 1.82) is 0 Å². The van der Waals surface area contributed by atoms with Gasteiger partial charge >= 0.3 is 0 Å². The second-order valence-corrected chi connectivity index (χ2v) is 5.13. The molecule has 0 atom stereocenters. The number of hydrogen-bond acceptors (Lipinski definition) is 4. The van der Waals surface area contributed by atoms with E-state index in [1.54, 1.807) is 24.3 Å². The first-order valence-electron chi connectivity index (χ1n) is 7.09. The molecule has 1 aliphatic heterocycles. The molecule has 0 aromatic heterocycles. The van der Waals surface area contributed by atoms with Crippen LogP contribution in [0.4, 0.5) is 0 Å². The number of aliphatic hydroxyl groups excluding tert-OH is 1. The Kier molecular flexibility index (Phi) is 3.94. The summed E-state index contributed by atoms with van der Waals surface area (Å²) in [6.45, 7) is 0.485. The second-order valence-electron chi connectivity index (χ2n) is 5.13. The van der Waals surface area contributed by atoms with E-state index >= 15 is 0 Å². The Morgan fingerprint density at radius 1 is 1.27 bits per heavy atom. The first kappa shape index (κ1) is 14.4. The maximum atomic E-state index is 12.3. The highest BCUT2D eigenvalue weighted by molar-refractivity contribution is 6.09. The highest BCUT2D eigenvalue weighted by atomic mass is 16.5. The lowest BCUT2D eigenvalue weighted by Gasteiger charge is -2.05. The fourth-order valence-electron chi connectivity index (χ4n) is 2.51. The maximum Gasteiger partial charge on any atom is 0.189 e. The van der Waals surface area contributed by atoms with Gasteiger partial charge in [-0.3, -0.25) is 4.79 Å². The molecule has 0 unspecified atom stereocenters. The van der Waals surface area contributed by atoms with Crippen LogP contribution in [0.3, 0.4) is 0 Å². The van der Waals surface area contributed by atoms with Crippen molar-refractivity contribution in [2.75, 3.05) is 6.61 Å². The number of hydrogen-bond donors (Lipinski definition) is 2. The molecule has 0 bridgehead atoms. The molecular weight excluding hydrogens is 280 g/mol. The zero-order valence-corrected chi connectivity index (χ0v) is 12.0. The van der Waals surface area contributed by atoms with E-state index in [1.807, 2.05) is 18.2 Å². The minimum Gasteiger partial charge on any atom is -0.507 e. The summed E-state index contributed by atoms with van der Waals surface area (Å²) in [6, 6.07) is 10.5. The van der Waals surface area contributed by atoms with Crippen molar-refractivity contribution in [3.8, 4) is 11.5 Å². The Morgan fingerprint density at radius 2 is 2.09 bits per heavy atom. The number of ketones is 1. The van der Waals surface area contributed by atoms with Crippen molar-refractivity contribution < 1.29 is 19.7 Å². The number of phenols is 1. The molecule has 2 N–H and O–H groups in total. The molecule has 0 saturated carbocycles. The van der Waals surface area contributed by atoms with Gasteiger partial charge in [0.25, 0.3) is 0 Å². The summed E-state index contributed by atoms with van der Waals surface area (Å²) in [5, 5.41) is 19.3. The van der Waals surface area contributed by atoms with Gasteiger partial charge < -0.3 is 14.9 Å². The molecule has 2 aromatic carbocycles. The third-order valence-electron chi connectivity index (χ3n) is 3.71. The summed E-state index contributed by atoms with van der Waals surface area (Å²) in [4.78, 5) is 12.3. The lowest BCUT2D eigenvalue weighted by molar-refractivity contribution is 0.104. The van der Waals surface area contributed by atoms with Crippen molar-refractivity contribution in [3.63, 3.8) is 0 Å². The monoisotopic (exact) mass is 296 g/mol. The molecule has 1 heterocycles. The number of benzene rings is 2. The lowest BCUT2D eigenvalue weighted by Crippen LogP contribution is -1.97. The van der Waals surface area contributed by atoms with Gasteiger partial charge in [-0.25, -0.2) is 0 Å². The van der Waals surface area contributed by atoms with Crippen molar-refractivity contribution in [2.45, 2.75) is 13.0 Å². The average Bonchev–Trinajstić information content (AvgIpc) is 2.99. The van der Waals surface area contributed by atoms with Crippen LogP contribution in [-0.2, 0) is 13.0 Å². The number of phenolic OH excluding ortho intramolecular Hbond substituents is 1. The standard InChI is InChI=1S/C18H16O4/c19-11-14-4-2-1-3-12(14)5-6-16(20)15-10-18-13(7-8-22-18)9-17(15)21/h1-6,9-10,19,21H,7-8,11H2/b6-5+. The van der Waals surface area contributed by atoms with Crippen LogP contribution in [0.5, 0.6) is 11.5 Å². The largest absolute Gasteiger partial charge is 0.507 e. The minimum atomic E-state index is -0.302. The highest BCUT2D eigenvalue weighted by Gasteiger charge is 2.18. The number of carbonyl (C=O) groups is 1. The average molecular weight is 296 g/mol. The van der Waals surface area contributed by atoms with Crippen LogP contribution in [0.15, 0.2) is 42.5 Å². The van der Waals surface area contributed by atoms with Crippen LogP contribution in [0.2, 0.25) is 0 Å².